The van der Waals surface area contributed by atoms with Crippen molar-refractivity contribution in [3.63, 3.8) is 0 Å². The van der Waals surface area contributed by atoms with Gasteiger partial charge in [0.25, 0.3) is 0 Å². The standard InChI is InChI=1S/C17H25NO/c1-11-9-12(2)14(4)17(13(11)3)16(19)10-18-15-7-5-6-8-15/h9,15,18H,5-8,10H2,1-4H3. The number of Topliss-reactive ketones (excluding diaryl/α,β-unsaturated/α-hetero) is 1. The Balaban J connectivity index is 2.14. The maximum Gasteiger partial charge on any atom is 0.177 e. The quantitative estimate of drug-likeness (QED) is 0.836. The summed E-state index contributed by atoms with van der Waals surface area (Å²) in [4.78, 5) is 12.5. The molecule has 1 fully saturated rings. The maximum absolute atomic E-state index is 12.5. The number of rotatable bonds is 4. The normalized spacial score (nSPS) is 16.0. The highest BCUT2D eigenvalue weighted by Gasteiger charge is 2.19. The molecule has 104 valence electrons. The highest BCUT2D eigenvalue weighted by molar-refractivity contribution is 6.00. The van der Waals surface area contributed by atoms with Crippen molar-refractivity contribution in [1.82, 2.24) is 5.32 Å². The van der Waals surface area contributed by atoms with Crippen LogP contribution in [-0.2, 0) is 0 Å². The number of hydrogen-bond acceptors (Lipinski definition) is 2. The lowest BCUT2D eigenvalue weighted by Crippen LogP contribution is -2.32. The van der Waals surface area contributed by atoms with E-state index < -0.39 is 0 Å². The van der Waals surface area contributed by atoms with Crippen LogP contribution in [-0.4, -0.2) is 18.4 Å². The molecule has 1 aromatic carbocycles. The van der Waals surface area contributed by atoms with Gasteiger partial charge in [0, 0.05) is 11.6 Å². The van der Waals surface area contributed by atoms with Crippen LogP contribution in [0, 0.1) is 27.7 Å². The number of nitrogens with one attached hydrogen (secondary N) is 1. The smallest absolute Gasteiger partial charge is 0.177 e. The van der Waals surface area contributed by atoms with Crippen LogP contribution in [0.3, 0.4) is 0 Å². The molecule has 2 rings (SSSR count). The molecule has 0 heterocycles. The second-order valence-corrected chi connectivity index (χ2v) is 5.92. The van der Waals surface area contributed by atoms with Crippen molar-refractivity contribution in [2.45, 2.75) is 59.4 Å². The molecule has 0 aliphatic heterocycles. The summed E-state index contributed by atoms with van der Waals surface area (Å²) in [5.41, 5.74) is 5.64. The van der Waals surface area contributed by atoms with Crippen LogP contribution in [0.2, 0.25) is 0 Å². The molecular weight excluding hydrogens is 234 g/mol. The zero-order chi connectivity index (χ0) is 14.0. The van der Waals surface area contributed by atoms with E-state index in [2.05, 4.69) is 39.1 Å². The average Bonchev–Trinajstić information content (AvgIpc) is 2.87. The van der Waals surface area contributed by atoms with Gasteiger partial charge in [-0.05, 0) is 62.8 Å². The second-order valence-electron chi connectivity index (χ2n) is 5.92. The van der Waals surface area contributed by atoms with E-state index in [9.17, 15) is 4.79 Å². The Hall–Kier alpha value is -1.15. The van der Waals surface area contributed by atoms with Crippen molar-refractivity contribution in [2.75, 3.05) is 6.54 Å². The minimum Gasteiger partial charge on any atom is -0.307 e. The van der Waals surface area contributed by atoms with Crippen LogP contribution in [0.15, 0.2) is 6.07 Å². The molecular formula is C17H25NO. The molecule has 2 heteroatoms. The predicted octanol–water partition coefficient (Wildman–Crippen LogP) is 3.64. The van der Waals surface area contributed by atoms with Gasteiger partial charge in [0.15, 0.2) is 5.78 Å². The maximum atomic E-state index is 12.5. The first-order chi connectivity index (χ1) is 9.00. The van der Waals surface area contributed by atoms with Crippen molar-refractivity contribution in [3.8, 4) is 0 Å². The van der Waals surface area contributed by atoms with Gasteiger partial charge >= 0.3 is 0 Å². The van der Waals surface area contributed by atoms with Gasteiger partial charge < -0.3 is 5.32 Å². The summed E-state index contributed by atoms with van der Waals surface area (Å²) in [5.74, 6) is 0.244. The van der Waals surface area contributed by atoms with Crippen molar-refractivity contribution >= 4 is 5.78 Å². The third kappa shape index (κ3) is 3.06. The van der Waals surface area contributed by atoms with Crippen molar-refractivity contribution in [2.24, 2.45) is 0 Å². The van der Waals surface area contributed by atoms with E-state index in [1.165, 1.54) is 36.8 Å². The summed E-state index contributed by atoms with van der Waals surface area (Å²) in [7, 11) is 0. The number of carbonyl (C=O) groups is 1. The lowest BCUT2D eigenvalue weighted by Gasteiger charge is -2.16. The van der Waals surface area contributed by atoms with Gasteiger partial charge in [-0.2, -0.15) is 0 Å². The van der Waals surface area contributed by atoms with E-state index in [-0.39, 0.29) is 5.78 Å². The molecule has 1 aliphatic rings. The van der Waals surface area contributed by atoms with E-state index >= 15 is 0 Å². The summed E-state index contributed by atoms with van der Waals surface area (Å²) >= 11 is 0. The number of hydrogen-bond donors (Lipinski definition) is 1. The summed E-state index contributed by atoms with van der Waals surface area (Å²) in [6, 6.07) is 2.72. The second kappa shape index (κ2) is 5.87. The predicted molar refractivity (Wildman–Crippen MR) is 80.0 cm³/mol. The number of ketones is 1. The molecule has 0 aromatic heterocycles. The highest BCUT2D eigenvalue weighted by Crippen LogP contribution is 2.22. The Bertz CT molecular complexity index is 458. The van der Waals surface area contributed by atoms with Crippen LogP contribution in [0.25, 0.3) is 0 Å². The van der Waals surface area contributed by atoms with Gasteiger partial charge in [0.1, 0.15) is 0 Å². The zero-order valence-electron chi connectivity index (χ0n) is 12.6. The van der Waals surface area contributed by atoms with Gasteiger partial charge in [-0.15, -0.1) is 0 Å². The third-order valence-corrected chi connectivity index (χ3v) is 4.55. The Kier molecular flexibility index (Phi) is 4.41. The van der Waals surface area contributed by atoms with Gasteiger partial charge in [-0.1, -0.05) is 18.9 Å². The molecule has 0 saturated heterocycles. The fourth-order valence-electron chi connectivity index (χ4n) is 3.09. The largest absolute Gasteiger partial charge is 0.307 e. The van der Waals surface area contributed by atoms with E-state index in [1.807, 2.05) is 0 Å². The molecule has 0 unspecified atom stereocenters. The zero-order valence-corrected chi connectivity index (χ0v) is 12.6. The lowest BCUT2D eigenvalue weighted by atomic mass is 9.91. The molecule has 1 saturated carbocycles. The van der Waals surface area contributed by atoms with Crippen molar-refractivity contribution < 1.29 is 4.79 Å². The summed E-state index contributed by atoms with van der Waals surface area (Å²) < 4.78 is 0. The summed E-state index contributed by atoms with van der Waals surface area (Å²) in [6.45, 7) is 8.77. The Labute approximate surface area is 116 Å². The number of aryl methyl sites for hydroxylation is 2. The topological polar surface area (TPSA) is 29.1 Å². The molecule has 1 aromatic rings. The van der Waals surface area contributed by atoms with Gasteiger partial charge in [-0.25, -0.2) is 0 Å². The summed E-state index contributed by atoms with van der Waals surface area (Å²) in [5, 5.41) is 3.42. The molecule has 0 atom stereocenters. The molecule has 1 aliphatic carbocycles. The Morgan fingerprint density at radius 3 is 2.16 bits per heavy atom. The van der Waals surface area contributed by atoms with Gasteiger partial charge in [0.05, 0.1) is 6.54 Å². The first-order valence-corrected chi connectivity index (χ1v) is 7.34. The molecule has 0 radical (unpaired) electrons. The molecule has 0 amide bonds. The third-order valence-electron chi connectivity index (χ3n) is 4.55. The van der Waals surface area contributed by atoms with Gasteiger partial charge in [0.2, 0.25) is 0 Å². The molecule has 1 N–H and O–H groups in total. The first kappa shape index (κ1) is 14.3. The average molecular weight is 259 g/mol. The number of carbonyl (C=O) groups excluding carboxylic acids is 1. The molecule has 19 heavy (non-hydrogen) atoms. The Morgan fingerprint density at radius 1 is 1.11 bits per heavy atom. The number of benzene rings is 1. The fraction of sp³-hybridized carbons (Fsp3) is 0.588. The van der Waals surface area contributed by atoms with E-state index in [1.54, 1.807) is 0 Å². The van der Waals surface area contributed by atoms with Crippen LogP contribution >= 0.6 is 0 Å². The van der Waals surface area contributed by atoms with Crippen LogP contribution in [0.4, 0.5) is 0 Å². The fourth-order valence-corrected chi connectivity index (χ4v) is 3.09. The van der Waals surface area contributed by atoms with Crippen LogP contribution in [0.1, 0.15) is 58.3 Å². The first-order valence-electron chi connectivity index (χ1n) is 7.34. The summed E-state index contributed by atoms with van der Waals surface area (Å²) in [6.07, 6.45) is 5.04. The minimum atomic E-state index is 0.244. The highest BCUT2D eigenvalue weighted by atomic mass is 16.1. The Morgan fingerprint density at radius 2 is 1.63 bits per heavy atom. The van der Waals surface area contributed by atoms with Crippen molar-refractivity contribution in [1.29, 1.82) is 0 Å². The van der Waals surface area contributed by atoms with Crippen LogP contribution < -0.4 is 5.32 Å². The van der Waals surface area contributed by atoms with E-state index in [0.717, 1.165) is 16.7 Å². The minimum absolute atomic E-state index is 0.244. The van der Waals surface area contributed by atoms with Crippen molar-refractivity contribution in [3.05, 3.63) is 33.9 Å². The van der Waals surface area contributed by atoms with Crippen LogP contribution in [0.5, 0.6) is 0 Å². The SMILES string of the molecule is Cc1cc(C)c(C)c(C(=O)CNC2CCCC2)c1C. The van der Waals surface area contributed by atoms with E-state index in [4.69, 9.17) is 0 Å². The molecule has 0 bridgehead atoms. The van der Waals surface area contributed by atoms with Gasteiger partial charge in [-0.3, -0.25) is 4.79 Å². The van der Waals surface area contributed by atoms with E-state index in [0.29, 0.717) is 12.6 Å². The molecule has 2 nitrogen and oxygen atoms in total. The monoisotopic (exact) mass is 259 g/mol. The lowest BCUT2D eigenvalue weighted by molar-refractivity contribution is 0.0986. The molecule has 0 spiro atoms.